The first kappa shape index (κ1) is 18.7. The molecule has 4 heteroatoms. The van der Waals surface area contributed by atoms with Crippen LogP contribution >= 0.6 is 0 Å². The smallest absolute Gasteiger partial charge is 0.127 e. The van der Waals surface area contributed by atoms with Gasteiger partial charge in [0.05, 0.1) is 7.11 Å². The second kappa shape index (κ2) is 8.09. The molecule has 0 bridgehead atoms. The van der Waals surface area contributed by atoms with Crippen molar-refractivity contribution in [3.8, 4) is 16.9 Å². The molecular formula is C22H29FN2O. The van der Waals surface area contributed by atoms with Gasteiger partial charge in [0.15, 0.2) is 0 Å². The predicted octanol–water partition coefficient (Wildman–Crippen LogP) is 4.77. The van der Waals surface area contributed by atoms with E-state index in [-0.39, 0.29) is 5.82 Å². The van der Waals surface area contributed by atoms with E-state index in [0.717, 1.165) is 49.6 Å². The average Bonchev–Trinajstić information content (AvgIpc) is 2.67. The van der Waals surface area contributed by atoms with E-state index < -0.39 is 0 Å². The number of methoxy groups -OCH3 is 1. The van der Waals surface area contributed by atoms with Crippen molar-refractivity contribution < 1.29 is 9.13 Å². The van der Waals surface area contributed by atoms with Gasteiger partial charge in [-0.2, -0.15) is 0 Å². The van der Waals surface area contributed by atoms with Gasteiger partial charge in [-0.25, -0.2) is 4.39 Å². The van der Waals surface area contributed by atoms with Crippen molar-refractivity contribution >= 4 is 5.69 Å². The summed E-state index contributed by atoms with van der Waals surface area (Å²) in [4.78, 5) is 4.96. The van der Waals surface area contributed by atoms with Crippen molar-refractivity contribution in [2.24, 2.45) is 0 Å². The molecule has 0 amide bonds. The lowest BCUT2D eigenvalue weighted by atomic mass is 9.94. The van der Waals surface area contributed by atoms with Crippen molar-refractivity contribution in [3.05, 3.63) is 47.8 Å². The fraction of sp³-hybridized carbons (Fsp3) is 0.455. The number of ether oxygens (including phenoxy) is 1. The van der Waals surface area contributed by atoms with Gasteiger partial charge in [0.2, 0.25) is 0 Å². The zero-order valence-electron chi connectivity index (χ0n) is 16.3. The summed E-state index contributed by atoms with van der Waals surface area (Å²) in [5.74, 6) is 1.03. The Morgan fingerprint density at radius 1 is 1.04 bits per heavy atom. The molecule has 1 fully saturated rings. The first-order chi connectivity index (χ1) is 12.5. The maximum atomic E-state index is 13.4. The topological polar surface area (TPSA) is 15.7 Å². The largest absolute Gasteiger partial charge is 0.496 e. The molecule has 1 aliphatic heterocycles. The SMILES string of the molecule is CCN1CCN(c2cc(-c3ccc(F)cc3)c(OC)cc2C(C)C)CC1. The number of anilines is 1. The summed E-state index contributed by atoms with van der Waals surface area (Å²) in [5.41, 5.74) is 4.57. The third-order valence-electron chi connectivity index (χ3n) is 5.29. The van der Waals surface area contributed by atoms with E-state index in [2.05, 4.69) is 42.7 Å². The zero-order chi connectivity index (χ0) is 18.7. The highest BCUT2D eigenvalue weighted by Crippen LogP contribution is 2.39. The molecule has 3 nitrogen and oxygen atoms in total. The van der Waals surface area contributed by atoms with Crippen molar-refractivity contribution in [2.75, 3.05) is 44.7 Å². The van der Waals surface area contributed by atoms with Gasteiger partial charge in [0, 0.05) is 37.4 Å². The predicted molar refractivity (Wildman–Crippen MR) is 107 cm³/mol. The van der Waals surface area contributed by atoms with Crippen molar-refractivity contribution in [2.45, 2.75) is 26.7 Å². The number of hydrogen-bond acceptors (Lipinski definition) is 3. The van der Waals surface area contributed by atoms with Crippen LogP contribution in [0.5, 0.6) is 5.75 Å². The van der Waals surface area contributed by atoms with Crippen molar-refractivity contribution in [3.63, 3.8) is 0 Å². The Morgan fingerprint density at radius 2 is 1.69 bits per heavy atom. The van der Waals surface area contributed by atoms with E-state index in [0.29, 0.717) is 5.92 Å². The highest BCUT2D eigenvalue weighted by atomic mass is 19.1. The van der Waals surface area contributed by atoms with Crippen LogP contribution in [0.3, 0.4) is 0 Å². The molecule has 0 spiro atoms. The fourth-order valence-electron chi connectivity index (χ4n) is 3.65. The van der Waals surface area contributed by atoms with Gasteiger partial charge in [-0.3, -0.25) is 0 Å². The van der Waals surface area contributed by atoms with E-state index in [1.54, 1.807) is 7.11 Å². The molecule has 0 radical (unpaired) electrons. The molecule has 26 heavy (non-hydrogen) atoms. The van der Waals surface area contributed by atoms with Crippen LogP contribution in [-0.4, -0.2) is 44.7 Å². The summed E-state index contributed by atoms with van der Waals surface area (Å²) < 4.78 is 19.0. The number of rotatable bonds is 5. The number of halogens is 1. The molecule has 0 aromatic heterocycles. The zero-order valence-corrected chi connectivity index (χ0v) is 16.3. The molecule has 1 saturated heterocycles. The Balaban J connectivity index is 2.04. The van der Waals surface area contributed by atoms with Crippen molar-refractivity contribution in [1.82, 2.24) is 4.90 Å². The van der Waals surface area contributed by atoms with E-state index in [9.17, 15) is 4.39 Å². The number of hydrogen-bond donors (Lipinski definition) is 0. The van der Waals surface area contributed by atoms with E-state index in [4.69, 9.17) is 4.74 Å². The summed E-state index contributed by atoms with van der Waals surface area (Å²) in [5, 5.41) is 0. The molecule has 0 unspecified atom stereocenters. The lowest BCUT2D eigenvalue weighted by molar-refractivity contribution is 0.271. The molecule has 3 rings (SSSR count). The number of likely N-dealkylation sites (N-methyl/N-ethyl adjacent to an activating group) is 1. The Labute approximate surface area is 156 Å². The molecule has 0 N–H and O–H groups in total. The summed E-state index contributed by atoms with van der Waals surface area (Å²) in [6, 6.07) is 11.0. The molecule has 0 saturated carbocycles. The van der Waals surface area contributed by atoms with Crippen LogP contribution in [0.2, 0.25) is 0 Å². The molecular weight excluding hydrogens is 327 g/mol. The molecule has 0 atom stereocenters. The molecule has 2 aromatic rings. The van der Waals surface area contributed by atoms with E-state index >= 15 is 0 Å². The van der Waals surface area contributed by atoms with Crippen LogP contribution < -0.4 is 9.64 Å². The molecule has 2 aromatic carbocycles. The van der Waals surface area contributed by atoms with Crippen molar-refractivity contribution in [1.29, 1.82) is 0 Å². The summed E-state index contributed by atoms with van der Waals surface area (Å²) in [6.07, 6.45) is 0. The van der Waals surface area contributed by atoms with Crippen LogP contribution in [0, 0.1) is 5.82 Å². The third kappa shape index (κ3) is 3.85. The number of piperazine rings is 1. The maximum absolute atomic E-state index is 13.4. The minimum atomic E-state index is -0.220. The second-order valence-electron chi connectivity index (χ2n) is 7.19. The van der Waals surface area contributed by atoms with Gasteiger partial charge in [0.25, 0.3) is 0 Å². The lowest BCUT2D eigenvalue weighted by Crippen LogP contribution is -2.46. The normalized spacial score (nSPS) is 15.5. The number of benzene rings is 2. The van der Waals surface area contributed by atoms with Gasteiger partial charge in [-0.15, -0.1) is 0 Å². The van der Waals surface area contributed by atoms with Crippen LogP contribution in [0.1, 0.15) is 32.3 Å². The quantitative estimate of drug-likeness (QED) is 0.768. The van der Waals surface area contributed by atoms with Crippen LogP contribution in [0.25, 0.3) is 11.1 Å². The first-order valence-electron chi connectivity index (χ1n) is 9.48. The first-order valence-corrected chi connectivity index (χ1v) is 9.48. The standard InChI is InChI=1S/C22H29FN2O/c1-5-24-10-12-25(13-11-24)21-14-20(17-6-8-18(23)9-7-17)22(26-4)15-19(21)16(2)3/h6-9,14-16H,5,10-13H2,1-4H3. The van der Waals surface area contributed by atoms with Gasteiger partial charge in [0.1, 0.15) is 11.6 Å². The Kier molecular flexibility index (Phi) is 5.82. The Bertz CT molecular complexity index is 735. The van der Waals surface area contributed by atoms with Crippen LogP contribution in [0.4, 0.5) is 10.1 Å². The van der Waals surface area contributed by atoms with E-state index in [1.807, 2.05) is 12.1 Å². The highest BCUT2D eigenvalue weighted by molar-refractivity contribution is 5.77. The molecule has 0 aliphatic carbocycles. The van der Waals surface area contributed by atoms with Crippen LogP contribution in [0.15, 0.2) is 36.4 Å². The Morgan fingerprint density at radius 3 is 2.23 bits per heavy atom. The molecule has 140 valence electrons. The number of nitrogens with zero attached hydrogens (tertiary/aromatic N) is 2. The maximum Gasteiger partial charge on any atom is 0.127 e. The minimum Gasteiger partial charge on any atom is -0.496 e. The van der Waals surface area contributed by atoms with E-state index in [1.165, 1.54) is 23.4 Å². The second-order valence-corrected chi connectivity index (χ2v) is 7.19. The van der Waals surface area contributed by atoms with Gasteiger partial charge in [-0.05, 0) is 47.9 Å². The summed E-state index contributed by atoms with van der Waals surface area (Å²) in [7, 11) is 1.70. The fourth-order valence-corrected chi connectivity index (χ4v) is 3.65. The minimum absolute atomic E-state index is 0.220. The molecule has 1 aliphatic rings. The Hall–Kier alpha value is -2.07. The lowest BCUT2D eigenvalue weighted by Gasteiger charge is -2.37. The van der Waals surface area contributed by atoms with Gasteiger partial charge < -0.3 is 14.5 Å². The molecule has 1 heterocycles. The van der Waals surface area contributed by atoms with Gasteiger partial charge >= 0.3 is 0 Å². The monoisotopic (exact) mass is 356 g/mol. The third-order valence-corrected chi connectivity index (χ3v) is 5.29. The highest BCUT2D eigenvalue weighted by Gasteiger charge is 2.22. The van der Waals surface area contributed by atoms with Gasteiger partial charge in [-0.1, -0.05) is 32.9 Å². The average molecular weight is 356 g/mol. The van der Waals surface area contributed by atoms with Crippen LogP contribution in [-0.2, 0) is 0 Å². The summed E-state index contributed by atoms with van der Waals surface area (Å²) >= 11 is 0. The summed E-state index contributed by atoms with van der Waals surface area (Å²) in [6.45, 7) is 12.0.